The molecule has 176 valence electrons. The zero-order valence-electron chi connectivity index (χ0n) is 19.5. The first-order chi connectivity index (χ1) is 15.8. The first-order valence-corrected chi connectivity index (χ1v) is 13.3. The molecule has 0 unspecified atom stereocenters. The monoisotopic (exact) mass is 467 g/mol. The highest BCUT2D eigenvalue weighted by Gasteiger charge is 2.26. The minimum absolute atomic E-state index is 0.0958. The predicted octanol–water partition coefficient (Wildman–Crippen LogP) is 3.67. The number of amides is 1. The van der Waals surface area contributed by atoms with Gasteiger partial charge in [0.15, 0.2) is 9.84 Å². The van der Waals surface area contributed by atoms with Gasteiger partial charge < -0.3 is 9.88 Å². The second-order valence-electron chi connectivity index (χ2n) is 9.15. The molecule has 0 bridgehead atoms. The van der Waals surface area contributed by atoms with Crippen molar-refractivity contribution in [2.45, 2.75) is 43.0 Å². The van der Waals surface area contributed by atoms with Crippen LogP contribution >= 0.6 is 0 Å². The molecule has 4 rings (SSSR count). The standard InChI is InChI=1S/C26H33N3O3S/c1-28(2)26(30)12-15-29-14-6-7-22(29)18-21-19-27-25-11-10-20(17-24(21)25)13-16-33(31,32)23-8-4-3-5-9-23/h3-5,8-11,17,19,22,27H,6-7,12-16,18H2,1-2H3/t22-/m1/s1. The number of carbonyl (C=O) groups excluding carboxylic acids is 1. The Kier molecular flexibility index (Phi) is 7.20. The number of hydrogen-bond donors (Lipinski definition) is 1. The van der Waals surface area contributed by atoms with Crippen LogP contribution in [0.15, 0.2) is 59.6 Å². The average Bonchev–Trinajstić information content (AvgIpc) is 3.43. The molecule has 0 radical (unpaired) electrons. The van der Waals surface area contributed by atoms with Crippen LogP contribution in [0.2, 0.25) is 0 Å². The highest BCUT2D eigenvalue weighted by Crippen LogP contribution is 2.27. The van der Waals surface area contributed by atoms with Crippen molar-refractivity contribution in [2.75, 3.05) is 32.9 Å². The molecule has 33 heavy (non-hydrogen) atoms. The molecule has 1 aromatic heterocycles. The molecule has 1 amide bonds. The van der Waals surface area contributed by atoms with Gasteiger partial charge in [-0.2, -0.15) is 0 Å². The maximum absolute atomic E-state index is 12.7. The van der Waals surface area contributed by atoms with Gasteiger partial charge in [-0.1, -0.05) is 24.3 Å². The Balaban J connectivity index is 1.44. The van der Waals surface area contributed by atoms with E-state index in [4.69, 9.17) is 0 Å². The van der Waals surface area contributed by atoms with Gasteiger partial charge in [0.25, 0.3) is 0 Å². The summed E-state index contributed by atoms with van der Waals surface area (Å²) in [6, 6.07) is 15.3. The van der Waals surface area contributed by atoms with Crippen LogP contribution in [0.4, 0.5) is 0 Å². The van der Waals surface area contributed by atoms with E-state index in [9.17, 15) is 13.2 Å². The predicted molar refractivity (Wildman–Crippen MR) is 132 cm³/mol. The molecular weight excluding hydrogens is 434 g/mol. The number of aromatic nitrogens is 1. The van der Waals surface area contributed by atoms with E-state index in [-0.39, 0.29) is 11.7 Å². The van der Waals surface area contributed by atoms with Gasteiger partial charge in [0, 0.05) is 50.2 Å². The molecule has 1 atom stereocenters. The Hall–Kier alpha value is -2.64. The van der Waals surface area contributed by atoms with Crippen molar-refractivity contribution in [2.24, 2.45) is 0 Å². The Morgan fingerprint density at radius 2 is 1.94 bits per heavy atom. The van der Waals surface area contributed by atoms with Gasteiger partial charge in [0.05, 0.1) is 10.6 Å². The molecule has 1 N–H and O–H groups in total. The normalized spacial score (nSPS) is 17.0. The molecule has 1 fully saturated rings. The minimum atomic E-state index is -3.30. The van der Waals surface area contributed by atoms with Crippen molar-refractivity contribution < 1.29 is 13.2 Å². The van der Waals surface area contributed by atoms with Crippen LogP contribution in [0.3, 0.4) is 0 Å². The maximum atomic E-state index is 12.7. The van der Waals surface area contributed by atoms with E-state index in [1.165, 1.54) is 10.9 Å². The summed E-state index contributed by atoms with van der Waals surface area (Å²) < 4.78 is 25.3. The van der Waals surface area contributed by atoms with Crippen LogP contribution in [0, 0.1) is 0 Å². The second-order valence-corrected chi connectivity index (χ2v) is 11.3. The molecule has 2 heterocycles. The molecule has 0 spiro atoms. The summed E-state index contributed by atoms with van der Waals surface area (Å²) in [5.74, 6) is 0.265. The lowest BCUT2D eigenvalue weighted by atomic mass is 10.0. The lowest BCUT2D eigenvalue weighted by molar-refractivity contribution is -0.129. The number of nitrogens with zero attached hydrogens (tertiary/aromatic N) is 2. The van der Waals surface area contributed by atoms with E-state index in [1.54, 1.807) is 43.3 Å². The van der Waals surface area contributed by atoms with Gasteiger partial charge in [0.1, 0.15) is 0 Å². The van der Waals surface area contributed by atoms with Crippen LogP contribution in [0.5, 0.6) is 0 Å². The fraction of sp³-hybridized carbons (Fsp3) is 0.423. The second kappa shape index (κ2) is 10.1. The number of aromatic amines is 1. The smallest absolute Gasteiger partial charge is 0.223 e. The SMILES string of the molecule is CN(C)C(=O)CCN1CCC[C@@H]1Cc1c[nH]c2ccc(CCS(=O)(=O)c3ccccc3)cc12. The molecule has 1 aliphatic heterocycles. The molecule has 3 aromatic rings. The first-order valence-electron chi connectivity index (χ1n) is 11.6. The molecule has 0 saturated carbocycles. The topological polar surface area (TPSA) is 73.5 Å². The van der Waals surface area contributed by atoms with Gasteiger partial charge in [-0.3, -0.25) is 9.69 Å². The van der Waals surface area contributed by atoms with Gasteiger partial charge >= 0.3 is 0 Å². The summed E-state index contributed by atoms with van der Waals surface area (Å²) in [6.45, 7) is 1.84. The summed E-state index contributed by atoms with van der Waals surface area (Å²) in [7, 11) is 0.309. The summed E-state index contributed by atoms with van der Waals surface area (Å²) >= 11 is 0. The summed E-state index contributed by atoms with van der Waals surface area (Å²) in [4.78, 5) is 19.9. The van der Waals surface area contributed by atoms with Crippen molar-refractivity contribution >= 4 is 26.6 Å². The van der Waals surface area contributed by atoms with Gasteiger partial charge in [-0.25, -0.2) is 8.42 Å². The average molecular weight is 468 g/mol. The molecule has 2 aromatic carbocycles. The minimum Gasteiger partial charge on any atom is -0.361 e. The summed E-state index contributed by atoms with van der Waals surface area (Å²) in [6.07, 6.45) is 6.35. The first kappa shape index (κ1) is 23.5. The third-order valence-corrected chi connectivity index (χ3v) is 8.39. The fourth-order valence-corrected chi connectivity index (χ4v) is 6.00. The largest absolute Gasteiger partial charge is 0.361 e. The number of likely N-dealkylation sites (tertiary alicyclic amines) is 1. The third-order valence-electron chi connectivity index (χ3n) is 6.66. The Morgan fingerprint density at radius 1 is 1.15 bits per heavy atom. The number of hydrogen-bond acceptors (Lipinski definition) is 4. The zero-order chi connectivity index (χ0) is 23.4. The number of H-pyrrole nitrogens is 1. The van der Waals surface area contributed by atoms with Crippen molar-refractivity contribution in [1.29, 1.82) is 0 Å². The van der Waals surface area contributed by atoms with Crippen LogP contribution in [-0.4, -0.2) is 68.1 Å². The highest BCUT2D eigenvalue weighted by molar-refractivity contribution is 7.91. The summed E-state index contributed by atoms with van der Waals surface area (Å²) in [5, 5.41) is 1.17. The molecule has 1 aliphatic rings. The number of fused-ring (bicyclic) bond motifs is 1. The van der Waals surface area contributed by atoms with E-state index in [0.29, 0.717) is 23.8 Å². The van der Waals surface area contributed by atoms with E-state index in [1.807, 2.05) is 18.2 Å². The van der Waals surface area contributed by atoms with Gasteiger partial charge in [-0.05, 0) is 67.6 Å². The molecule has 1 saturated heterocycles. The fourth-order valence-electron chi connectivity index (χ4n) is 4.69. The third kappa shape index (κ3) is 5.65. The highest BCUT2D eigenvalue weighted by atomic mass is 32.2. The van der Waals surface area contributed by atoms with Crippen molar-refractivity contribution in [3.05, 3.63) is 65.9 Å². The van der Waals surface area contributed by atoms with Gasteiger partial charge in [0.2, 0.25) is 5.91 Å². The Morgan fingerprint density at radius 3 is 2.70 bits per heavy atom. The number of benzene rings is 2. The number of nitrogens with one attached hydrogen (secondary N) is 1. The number of sulfone groups is 1. The van der Waals surface area contributed by atoms with Gasteiger partial charge in [-0.15, -0.1) is 0 Å². The van der Waals surface area contributed by atoms with Crippen molar-refractivity contribution in [3.63, 3.8) is 0 Å². The van der Waals surface area contributed by atoms with Crippen LogP contribution in [-0.2, 0) is 27.5 Å². The number of aryl methyl sites for hydroxylation is 1. The maximum Gasteiger partial charge on any atom is 0.223 e. The van der Waals surface area contributed by atoms with E-state index < -0.39 is 9.84 Å². The Labute approximate surface area is 196 Å². The quantitative estimate of drug-likeness (QED) is 0.521. The van der Waals surface area contributed by atoms with Crippen LogP contribution in [0.25, 0.3) is 10.9 Å². The summed E-state index contributed by atoms with van der Waals surface area (Å²) in [5.41, 5.74) is 3.36. The van der Waals surface area contributed by atoms with E-state index in [2.05, 4.69) is 22.1 Å². The van der Waals surface area contributed by atoms with Crippen molar-refractivity contribution in [1.82, 2.24) is 14.8 Å². The van der Waals surface area contributed by atoms with E-state index >= 15 is 0 Å². The molecule has 6 nitrogen and oxygen atoms in total. The van der Waals surface area contributed by atoms with Crippen molar-refractivity contribution in [3.8, 4) is 0 Å². The Bertz CT molecular complexity index is 1200. The molecule has 0 aliphatic carbocycles. The lowest BCUT2D eigenvalue weighted by Crippen LogP contribution is -2.35. The van der Waals surface area contributed by atoms with Crippen LogP contribution < -0.4 is 0 Å². The molecule has 7 heteroatoms. The lowest BCUT2D eigenvalue weighted by Gasteiger charge is -2.24. The van der Waals surface area contributed by atoms with E-state index in [0.717, 1.165) is 43.4 Å². The number of rotatable bonds is 9. The zero-order valence-corrected chi connectivity index (χ0v) is 20.3. The molecular formula is C26H33N3O3S. The number of carbonyl (C=O) groups is 1. The van der Waals surface area contributed by atoms with Crippen LogP contribution in [0.1, 0.15) is 30.4 Å².